The average molecular weight is 453 g/mol. The standard InChI is InChI=1S/C21H19N5O7/c27-19(31-11-3-5-18-23-20(24-33-18)14-4-1-9-22-13-14)6-2-10-25-16-8-7-15(26(29)30)12-17(16)32-21(25)28/h1,4,7-9,12-13H,2-3,5-6,10-11H2. The first-order chi connectivity index (χ1) is 16.0. The first kappa shape index (κ1) is 21.9. The van der Waals surface area contributed by atoms with Gasteiger partial charge in [-0.25, -0.2) is 4.79 Å². The number of oxazole rings is 1. The molecular formula is C21H19N5O7. The monoisotopic (exact) mass is 453 g/mol. The molecule has 0 aliphatic heterocycles. The molecule has 0 unspecified atom stereocenters. The molecule has 0 aliphatic rings. The highest BCUT2D eigenvalue weighted by atomic mass is 16.6. The first-order valence-corrected chi connectivity index (χ1v) is 10.2. The zero-order valence-electron chi connectivity index (χ0n) is 17.4. The van der Waals surface area contributed by atoms with Gasteiger partial charge in [-0.05, 0) is 31.0 Å². The number of nitrogens with zero attached hydrogens (tertiary/aromatic N) is 5. The maximum atomic E-state index is 12.0. The van der Waals surface area contributed by atoms with Gasteiger partial charge in [-0.3, -0.25) is 24.5 Å². The number of aryl methyl sites for hydroxylation is 2. The van der Waals surface area contributed by atoms with Gasteiger partial charge in [0.25, 0.3) is 5.69 Å². The summed E-state index contributed by atoms with van der Waals surface area (Å²) in [5.74, 6) is -0.139. The Morgan fingerprint density at radius 1 is 1.24 bits per heavy atom. The van der Waals surface area contributed by atoms with Gasteiger partial charge in [0.1, 0.15) is 0 Å². The van der Waals surface area contributed by atoms with Crippen molar-refractivity contribution in [2.24, 2.45) is 0 Å². The van der Waals surface area contributed by atoms with Crippen LogP contribution in [0.2, 0.25) is 0 Å². The number of carbonyl (C=O) groups excluding carboxylic acids is 1. The molecule has 0 saturated heterocycles. The molecular weight excluding hydrogens is 434 g/mol. The van der Waals surface area contributed by atoms with Crippen LogP contribution in [0.3, 0.4) is 0 Å². The Morgan fingerprint density at radius 3 is 2.91 bits per heavy atom. The number of esters is 1. The lowest BCUT2D eigenvalue weighted by molar-refractivity contribution is -0.384. The molecule has 0 bridgehead atoms. The topological polar surface area (TPSA) is 156 Å². The number of ether oxygens (including phenoxy) is 1. The number of pyridine rings is 1. The van der Waals surface area contributed by atoms with Gasteiger partial charge in [0.2, 0.25) is 11.7 Å². The van der Waals surface area contributed by atoms with E-state index in [1.165, 1.54) is 22.8 Å². The van der Waals surface area contributed by atoms with E-state index in [1.807, 2.05) is 6.07 Å². The molecule has 0 saturated carbocycles. The van der Waals surface area contributed by atoms with E-state index < -0.39 is 16.6 Å². The normalized spacial score (nSPS) is 11.0. The Balaban J connectivity index is 1.20. The number of rotatable bonds is 10. The van der Waals surface area contributed by atoms with Crippen molar-refractivity contribution in [2.45, 2.75) is 32.2 Å². The van der Waals surface area contributed by atoms with E-state index in [-0.39, 0.29) is 30.8 Å². The Kier molecular flexibility index (Phi) is 6.53. The summed E-state index contributed by atoms with van der Waals surface area (Å²) in [4.78, 5) is 42.6. The highest BCUT2D eigenvalue weighted by Crippen LogP contribution is 2.20. The summed E-state index contributed by atoms with van der Waals surface area (Å²) in [5.41, 5.74) is 1.15. The van der Waals surface area contributed by atoms with Gasteiger partial charge in [-0.1, -0.05) is 5.16 Å². The number of hydrogen-bond acceptors (Lipinski definition) is 10. The van der Waals surface area contributed by atoms with Crippen LogP contribution in [0.25, 0.3) is 22.5 Å². The molecule has 3 heterocycles. The van der Waals surface area contributed by atoms with Crippen LogP contribution in [0.1, 0.15) is 25.2 Å². The van der Waals surface area contributed by atoms with Crippen molar-refractivity contribution in [3.63, 3.8) is 0 Å². The molecule has 3 aromatic heterocycles. The number of nitro groups is 1. The van der Waals surface area contributed by atoms with Crippen LogP contribution in [-0.4, -0.2) is 37.2 Å². The molecule has 0 amide bonds. The quantitative estimate of drug-likeness (QED) is 0.151. The minimum Gasteiger partial charge on any atom is -0.466 e. The molecule has 12 heteroatoms. The van der Waals surface area contributed by atoms with Gasteiger partial charge in [0.15, 0.2) is 5.58 Å². The molecule has 0 atom stereocenters. The Bertz CT molecular complexity index is 1330. The minimum absolute atomic E-state index is 0.109. The third-order valence-electron chi connectivity index (χ3n) is 4.81. The smallest absolute Gasteiger partial charge is 0.419 e. The second kappa shape index (κ2) is 9.85. The summed E-state index contributed by atoms with van der Waals surface area (Å²) < 4.78 is 16.8. The lowest BCUT2D eigenvalue weighted by Crippen LogP contribution is -2.15. The Labute approximate surface area is 185 Å². The van der Waals surface area contributed by atoms with Gasteiger partial charge in [0.05, 0.1) is 23.1 Å². The van der Waals surface area contributed by atoms with Crippen molar-refractivity contribution in [1.82, 2.24) is 19.7 Å². The second-order valence-electron chi connectivity index (χ2n) is 7.11. The van der Waals surface area contributed by atoms with E-state index in [2.05, 4.69) is 15.1 Å². The molecule has 0 aliphatic carbocycles. The maximum absolute atomic E-state index is 12.0. The van der Waals surface area contributed by atoms with Crippen LogP contribution in [0, 0.1) is 10.1 Å². The van der Waals surface area contributed by atoms with Crippen molar-refractivity contribution in [1.29, 1.82) is 0 Å². The highest BCUT2D eigenvalue weighted by molar-refractivity contribution is 5.75. The average Bonchev–Trinajstić information content (AvgIpc) is 3.41. The summed E-state index contributed by atoms with van der Waals surface area (Å²) in [6, 6.07) is 7.56. The zero-order chi connectivity index (χ0) is 23.2. The fraction of sp³-hybridized carbons (Fsp3) is 0.286. The van der Waals surface area contributed by atoms with E-state index in [1.54, 1.807) is 18.5 Å². The number of aromatic nitrogens is 4. The molecule has 0 radical (unpaired) electrons. The summed E-state index contributed by atoms with van der Waals surface area (Å²) in [7, 11) is 0. The zero-order valence-corrected chi connectivity index (χ0v) is 17.4. The molecule has 1 aromatic carbocycles. The molecule has 0 fully saturated rings. The molecule has 170 valence electrons. The highest BCUT2D eigenvalue weighted by Gasteiger charge is 2.15. The van der Waals surface area contributed by atoms with E-state index in [0.29, 0.717) is 36.5 Å². The van der Waals surface area contributed by atoms with Gasteiger partial charge in [0, 0.05) is 43.4 Å². The van der Waals surface area contributed by atoms with Crippen LogP contribution in [0.4, 0.5) is 5.69 Å². The number of carbonyl (C=O) groups is 1. The van der Waals surface area contributed by atoms with Crippen LogP contribution in [0.15, 0.2) is 56.5 Å². The van der Waals surface area contributed by atoms with E-state index >= 15 is 0 Å². The summed E-state index contributed by atoms with van der Waals surface area (Å²) in [6.07, 6.45) is 4.73. The van der Waals surface area contributed by atoms with Gasteiger partial charge < -0.3 is 13.7 Å². The SMILES string of the molecule is O=C(CCCn1c(=O)oc2cc([N+](=O)[O-])ccc21)OCCCc1nc(-c2cccnc2)no1. The molecule has 4 rings (SSSR count). The lowest BCUT2D eigenvalue weighted by Gasteiger charge is -2.04. The molecule has 12 nitrogen and oxygen atoms in total. The van der Waals surface area contributed by atoms with Crippen molar-refractivity contribution in [2.75, 3.05) is 6.61 Å². The number of benzene rings is 1. The van der Waals surface area contributed by atoms with Gasteiger partial charge in [-0.15, -0.1) is 0 Å². The third kappa shape index (κ3) is 5.29. The largest absolute Gasteiger partial charge is 0.466 e. The van der Waals surface area contributed by atoms with Crippen LogP contribution in [0.5, 0.6) is 0 Å². The van der Waals surface area contributed by atoms with Crippen molar-refractivity contribution in [3.8, 4) is 11.4 Å². The van der Waals surface area contributed by atoms with Gasteiger partial charge in [-0.2, -0.15) is 4.98 Å². The first-order valence-electron chi connectivity index (χ1n) is 10.2. The fourth-order valence-electron chi connectivity index (χ4n) is 3.21. The predicted octanol–water partition coefficient (Wildman–Crippen LogP) is 2.90. The molecule has 0 spiro atoms. The van der Waals surface area contributed by atoms with E-state index in [4.69, 9.17) is 13.7 Å². The van der Waals surface area contributed by atoms with Gasteiger partial charge >= 0.3 is 11.7 Å². The minimum atomic E-state index is -0.635. The summed E-state index contributed by atoms with van der Waals surface area (Å²) in [5, 5.41) is 14.8. The lowest BCUT2D eigenvalue weighted by atomic mass is 10.2. The second-order valence-corrected chi connectivity index (χ2v) is 7.11. The molecule has 4 aromatic rings. The number of non-ortho nitro benzene ring substituents is 1. The van der Waals surface area contributed by atoms with Crippen LogP contribution in [-0.2, 0) is 22.5 Å². The number of hydrogen-bond donors (Lipinski definition) is 0. The van der Waals surface area contributed by atoms with E-state index in [0.717, 1.165) is 5.56 Å². The van der Waals surface area contributed by atoms with Crippen molar-refractivity contribution >= 4 is 22.8 Å². The summed E-state index contributed by atoms with van der Waals surface area (Å²) in [6.45, 7) is 0.416. The Hall–Kier alpha value is -4.35. The third-order valence-corrected chi connectivity index (χ3v) is 4.81. The van der Waals surface area contributed by atoms with Crippen molar-refractivity contribution in [3.05, 3.63) is 69.3 Å². The van der Waals surface area contributed by atoms with E-state index in [9.17, 15) is 19.7 Å². The van der Waals surface area contributed by atoms with Crippen LogP contribution >= 0.6 is 0 Å². The molecule has 0 N–H and O–H groups in total. The van der Waals surface area contributed by atoms with Crippen molar-refractivity contribution < 1.29 is 23.4 Å². The number of nitro benzene ring substituents is 1. The maximum Gasteiger partial charge on any atom is 0.419 e. The Morgan fingerprint density at radius 2 is 2.12 bits per heavy atom. The fourth-order valence-corrected chi connectivity index (χ4v) is 3.21. The summed E-state index contributed by atoms with van der Waals surface area (Å²) >= 11 is 0. The van der Waals surface area contributed by atoms with Crippen LogP contribution < -0.4 is 5.76 Å². The molecule has 33 heavy (non-hydrogen) atoms. The predicted molar refractivity (Wildman–Crippen MR) is 113 cm³/mol. The number of fused-ring (bicyclic) bond motifs is 1.